The van der Waals surface area contributed by atoms with Crippen LogP contribution in [0.1, 0.15) is 34.3 Å². The van der Waals surface area contributed by atoms with E-state index in [-0.39, 0.29) is 6.07 Å². The lowest BCUT2D eigenvalue weighted by atomic mass is 10.0. The lowest BCUT2D eigenvalue weighted by Gasteiger charge is -2.18. The maximum atomic E-state index is 12.7. The fourth-order valence-electron chi connectivity index (χ4n) is 2.18. The normalized spacial score (nSPS) is 16.4. The molecule has 0 radical (unpaired) electrons. The van der Waals surface area contributed by atoms with E-state index < -0.39 is 35.0 Å². The van der Waals surface area contributed by atoms with Crippen molar-refractivity contribution in [2.75, 3.05) is 13.1 Å². The highest BCUT2D eigenvalue weighted by Crippen LogP contribution is 2.36. The van der Waals surface area contributed by atoms with Gasteiger partial charge in [-0.25, -0.2) is 0 Å². The average molecular weight is 311 g/mol. The van der Waals surface area contributed by atoms with Gasteiger partial charge in [-0.05, 0) is 31.0 Å². The third kappa shape index (κ3) is 3.48. The van der Waals surface area contributed by atoms with Crippen molar-refractivity contribution in [2.45, 2.75) is 25.2 Å². The molecule has 0 saturated carbocycles. The van der Waals surface area contributed by atoms with Crippen molar-refractivity contribution in [3.05, 3.63) is 34.9 Å². The van der Waals surface area contributed by atoms with E-state index >= 15 is 0 Å². The van der Waals surface area contributed by atoms with Crippen molar-refractivity contribution < 1.29 is 31.1 Å². The Bertz CT molecular complexity index is 510. The van der Waals surface area contributed by atoms with Gasteiger partial charge in [0.15, 0.2) is 0 Å². The lowest BCUT2D eigenvalue weighted by Crippen LogP contribution is -2.28. The summed E-state index contributed by atoms with van der Waals surface area (Å²) in [4.78, 5) is 13.3. The summed E-state index contributed by atoms with van der Waals surface area (Å²) >= 11 is 0. The van der Waals surface area contributed by atoms with Gasteiger partial charge < -0.3 is 4.90 Å². The first-order valence-electron chi connectivity index (χ1n) is 6.18. The van der Waals surface area contributed by atoms with Crippen molar-refractivity contribution in [3.8, 4) is 0 Å². The van der Waals surface area contributed by atoms with Gasteiger partial charge in [0.25, 0.3) is 5.91 Å². The minimum Gasteiger partial charge on any atom is -0.339 e. The molecule has 1 aromatic carbocycles. The molecule has 1 amide bonds. The summed E-state index contributed by atoms with van der Waals surface area (Å²) < 4.78 is 76.1. The number of halogens is 6. The number of benzene rings is 1. The third-order valence-electron chi connectivity index (χ3n) is 3.23. The summed E-state index contributed by atoms with van der Waals surface area (Å²) in [5, 5.41) is 0. The van der Waals surface area contributed by atoms with Gasteiger partial charge in [-0.1, -0.05) is 0 Å². The molecule has 1 aliphatic heterocycles. The Labute approximate surface area is 116 Å². The van der Waals surface area contributed by atoms with Crippen LogP contribution in [-0.2, 0) is 12.4 Å². The monoisotopic (exact) mass is 311 g/mol. The van der Waals surface area contributed by atoms with Gasteiger partial charge in [0, 0.05) is 18.7 Å². The molecule has 21 heavy (non-hydrogen) atoms. The molecule has 0 bridgehead atoms. The molecule has 8 heteroatoms. The van der Waals surface area contributed by atoms with Crippen molar-refractivity contribution in [1.29, 1.82) is 0 Å². The first kappa shape index (κ1) is 15.7. The zero-order chi connectivity index (χ0) is 15.8. The standard InChI is InChI=1S/C13H11F6NO/c14-12(15,16)9-5-8(6-10(7-9)13(17,18)19)11(21)20-3-1-2-4-20/h5-7H,1-4H2. The molecule has 0 unspecified atom stereocenters. The highest BCUT2D eigenvalue weighted by molar-refractivity contribution is 5.94. The Hall–Kier alpha value is -1.73. The van der Waals surface area contributed by atoms with Crippen molar-refractivity contribution in [2.24, 2.45) is 0 Å². The topological polar surface area (TPSA) is 20.3 Å². The number of hydrogen-bond acceptors (Lipinski definition) is 1. The lowest BCUT2D eigenvalue weighted by molar-refractivity contribution is -0.143. The molecule has 1 aliphatic rings. The van der Waals surface area contributed by atoms with E-state index in [9.17, 15) is 31.1 Å². The summed E-state index contributed by atoms with van der Waals surface area (Å²) in [6.07, 6.45) is -8.50. The van der Waals surface area contributed by atoms with E-state index in [0.717, 1.165) is 0 Å². The Kier molecular flexibility index (Phi) is 3.90. The summed E-state index contributed by atoms with van der Waals surface area (Å²) in [6.45, 7) is 0.687. The van der Waals surface area contributed by atoms with E-state index in [4.69, 9.17) is 0 Å². The van der Waals surface area contributed by atoms with Crippen molar-refractivity contribution in [3.63, 3.8) is 0 Å². The largest absolute Gasteiger partial charge is 0.416 e. The van der Waals surface area contributed by atoms with E-state index in [2.05, 4.69) is 0 Å². The van der Waals surface area contributed by atoms with Gasteiger partial charge in [-0.3, -0.25) is 4.79 Å². The fourth-order valence-corrected chi connectivity index (χ4v) is 2.18. The van der Waals surface area contributed by atoms with Gasteiger partial charge in [0.2, 0.25) is 0 Å². The molecule has 0 aliphatic carbocycles. The van der Waals surface area contributed by atoms with E-state index in [1.807, 2.05) is 0 Å². The summed E-state index contributed by atoms with van der Waals surface area (Å²) in [5.41, 5.74) is -3.53. The highest BCUT2D eigenvalue weighted by Gasteiger charge is 2.38. The number of nitrogens with zero attached hydrogens (tertiary/aromatic N) is 1. The maximum absolute atomic E-state index is 12.7. The van der Waals surface area contributed by atoms with E-state index in [0.29, 0.717) is 38.1 Å². The zero-order valence-electron chi connectivity index (χ0n) is 10.7. The molecule has 0 atom stereocenters. The van der Waals surface area contributed by atoms with Gasteiger partial charge in [-0.2, -0.15) is 26.3 Å². The molecule has 1 aromatic rings. The molecule has 0 spiro atoms. The highest BCUT2D eigenvalue weighted by atomic mass is 19.4. The fraction of sp³-hybridized carbons (Fsp3) is 0.462. The van der Waals surface area contributed by atoms with Crippen LogP contribution in [0.4, 0.5) is 26.3 Å². The van der Waals surface area contributed by atoms with Crippen LogP contribution in [0.15, 0.2) is 18.2 Å². The van der Waals surface area contributed by atoms with Crippen LogP contribution in [0.5, 0.6) is 0 Å². The van der Waals surface area contributed by atoms with Crippen LogP contribution in [-0.4, -0.2) is 23.9 Å². The van der Waals surface area contributed by atoms with Gasteiger partial charge in [0.05, 0.1) is 11.1 Å². The minimum atomic E-state index is -4.94. The third-order valence-corrected chi connectivity index (χ3v) is 3.23. The van der Waals surface area contributed by atoms with Gasteiger partial charge in [0.1, 0.15) is 0 Å². The van der Waals surface area contributed by atoms with Crippen LogP contribution in [0, 0.1) is 0 Å². The van der Waals surface area contributed by atoms with Crippen LogP contribution < -0.4 is 0 Å². The number of amides is 1. The number of rotatable bonds is 1. The van der Waals surface area contributed by atoms with Crippen LogP contribution in [0.2, 0.25) is 0 Å². The number of carbonyl (C=O) groups is 1. The quantitative estimate of drug-likeness (QED) is 0.719. The summed E-state index contributed by atoms with van der Waals surface area (Å²) in [7, 11) is 0. The van der Waals surface area contributed by atoms with Crippen molar-refractivity contribution in [1.82, 2.24) is 4.90 Å². The maximum Gasteiger partial charge on any atom is 0.416 e. The summed E-state index contributed by atoms with van der Waals surface area (Å²) in [5.74, 6) is -0.802. The van der Waals surface area contributed by atoms with Crippen LogP contribution >= 0.6 is 0 Å². The second-order valence-corrected chi connectivity index (χ2v) is 4.79. The first-order chi connectivity index (χ1) is 9.59. The molecular formula is C13H11F6NO. The number of carbonyl (C=O) groups excluding carboxylic acids is 1. The molecular weight excluding hydrogens is 300 g/mol. The first-order valence-corrected chi connectivity index (χ1v) is 6.18. The molecule has 2 rings (SSSR count). The van der Waals surface area contributed by atoms with E-state index in [1.54, 1.807) is 0 Å². The molecule has 1 heterocycles. The van der Waals surface area contributed by atoms with Crippen molar-refractivity contribution >= 4 is 5.91 Å². The van der Waals surface area contributed by atoms with Gasteiger partial charge >= 0.3 is 12.4 Å². The number of likely N-dealkylation sites (tertiary alicyclic amines) is 1. The Morgan fingerprint density at radius 1 is 0.857 bits per heavy atom. The number of hydrogen-bond donors (Lipinski definition) is 0. The SMILES string of the molecule is O=C(c1cc(C(F)(F)F)cc(C(F)(F)F)c1)N1CCCC1. The predicted molar refractivity (Wildman–Crippen MR) is 61.6 cm³/mol. The minimum absolute atomic E-state index is 0.0146. The smallest absolute Gasteiger partial charge is 0.339 e. The average Bonchev–Trinajstić information content (AvgIpc) is 2.89. The summed E-state index contributed by atoms with van der Waals surface area (Å²) in [6, 6.07) is 0.951. The molecule has 2 nitrogen and oxygen atoms in total. The predicted octanol–water partition coefficient (Wildman–Crippen LogP) is 3.96. The second-order valence-electron chi connectivity index (χ2n) is 4.79. The Balaban J connectivity index is 2.47. The molecule has 1 saturated heterocycles. The second kappa shape index (κ2) is 5.23. The molecule has 0 aromatic heterocycles. The Morgan fingerprint density at radius 2 is 1.29 bits per heavy atom. The zero-order valence-corrected chi connectivity index (χ0v) is 10.7. The van der Waals surface area contributed by atoms with E-state index in [1.165, 1.54) is 4.90 Å². The Morgan fingerprint density at radius 3 is 1.67 bits per heavy atom. The molecule has 116 valence electrons. The van der Waals surface area contributed by atoms with Crippen LogP contribution in [0.25, 0.3) is 0 Å². The molecule has 1 fully saturated rings. The molecule has 0 N–H and O–H groups in total. The number of alkyl halides is 6. The van der Waals surface area contributed by atoms with Gasteiger partial charge in [-0.15, -0.1) is 0 Å². The van der Waals surface area contributed by atoms with Crippen LogP contribution in [0.3, 0.4) is 0 Å².